The van der Waals surface area contributed by atoms with Crippen LogP contribution in [0, 0.1) is 11.8 Å². The van der Waals surface area contributed by atoms with E-state index in [0.29, 0.717) is 23.7 Å². The summed E-state index contributed by atoms with van der Waals surface area (Å²) in [4.78, 5) is 17.3. The van der Waals surface area contributed by atoms with Gasteiger partial charge >= 0.3 is 0 Å². The summed E-state index contributed by atoms with van der Waals surface area (Å²) in [5.41, 5.74) is 0. The Bertz CT molecular complexity index is 651. The monoisotopic (exact) mass is 290 g/mol. The molecule has 2 aromatic rings. The van der Waals surface area contributed by atoms with E-state index >= 15 is 0 Å². The summed E-state index contributed by atoms with van der Waals surface area (Å²) in [6, 6.07) is 3.53. The van der Waals surface area contributed by atoms with Crippen molar-refractivity contribution >= 4 is 17.2 Å². The summed E-state index contributed by atoms with van der Waals surface area (Å²) in [5, 5.41) is 15.5. The second-order valence-corrected chi connectivity index (χ2v) is 5.04. The predicted molar refractivity (Wildman–Crippen MR) is 75.1 cm³/mol. The Kier molecular flexibility index (Phi) is 4.87. The number of nitrogens with zero attached hydrogens (tertiary/aromatic N) is 3. The number of thiophene rings is 1. The zero-order chi connectivity index (χ0) is 14.4. The average Bonchev–Trinajstić information content (AvgIpc) is 3.06. The quantitative estimate of drug-likeness (QED) is 0.806. The van der Waals surface area contributed by atoms with E-state index in [0.717, 1.165) is 4.88 Å². The SMILES string of the molecule is Cn1cnc(CNC(=O)c2ccc(C#CCCO)s2)n1. The first-order chi connectivity index (χ1) is 9.69. The molecular weight excluding hydrogens is 276 g/mol. The first-order valence-electron chi connectivity index (χ1n) is 6.01. The Labute approximate surface area is 120 Å². The first-order valence-corrected chi connectivity index (χ1v) is 6.83. The molecule has 0 unspecified atom stereocenters. The lowest BCUT2D eigenvalue weighted by Gasteiger charge is -1.99. The Morgan fingerprint density at radius 3 is 3.10 bits per heavy atom. The molecule has 1 amide bonds. The fourth-order valence-electron chi connectivity index (χ4n) is 1.44. The Morgan fingerprint density at radius 1 is 1.55 bits per heavy atom. The number of aromatic nitrogens is 3. The number of nitrogens with one attached hydrogen (secondary N) is 1. The van der Waals surface area contributed by atoms with Crippen LogP contribution in [0.4, 0.5) is 0 Å². The molecule has 0 aromatic carbocycles. The van der Waals surface area contributed by atoms with Gasteiger partial charge in [-0.25, -0.2) is 4.98 Å². The zero-order valence-electron chi connectivity index (χ0n) is 11.0. The number of aliphatic hydroxyl groups excluding tert-OH is 1. The molecule has 0 spiro atoms. The highest BCUT2D eigenvalue weighted by Gasteiger charge is 2.09. The van der Waals surface area contributed by atoms with Gasteiger partial charge in [0.2, 0.25) is 0 Å². The van der Waals surface area contributed by atoms with Crippen LogP contribution in [0.15, 0.2) is 18.5 Å². The summed E-state index contributed by atoms with van der Waals surface area (Å²) in [7, 11) is 1.77. The average molecular weight is 290 g/mol. The molecule has 0 saturated heterocycles. The first kappa shape index (κ1) is 14.2. The molecule has 2 rings (SSSR count). The lowest BCUT2D eigenvalue weighted by molar-refractivity contribution is 0.0954. The number of hydrogen-bond acceptors (Lipinski definition) is 5. The second kappa shape index (κ2) is 6.84. The van der Waals surface area contributed by atoms with Crippen LogP contribution in [0.3, 0.4) is 0 Å². The third-order valence-electron chi connectivity index (χ3n) is 2.33. The van der Waals surface area contributed by atoms with Crippen molar-refractivity contribution in [1.82, 2.24) is 20.1 Å². The van der Waals surface area contributed by atoms with Gasteiger partial charge in [-0.3, -0.25) is 9.48 Å². The third kappa shape index (κ3) is 3.91. The van der Waals surface area contributed by atoms with Crippen molar-refractivity contribution < 1.29 is 9.90 Å². The molecule has 0 aliphatic heterocycles. The topological polar surface area (TPSA) is 80.0 Å². The molecule has 104 valence electrons. The lowest BCUT2D eigenvalue weighted by atomic mass is 10.4. The fraction of sp³-hybridized carbons (Fsp3) is 0.308. The number of carbonyl (C=O) groups is 1. The smallest absolute Gasteiger partial charge is 0.261 e. The van der Waals surface area contributed by atoms with E-state index in [2.05, 4.69) is 27.2 Å². The predicted octanol–water partition coefficient (Wildman–Crippen LogP) is 0.540. The van der Waals surface area contributed by atoms with Gasteiger partial charge in [0, 0.05) is 13.5 Å². The van der Waals surface area contributed by atoms with Crippen molar-refractivity contribution in [2.24, 2.45) is 7.05 Å². The van der Waals surface area contributed by atoms with Gasteiger partial charge in [0.15, 0.2) is 5.82 Å². The van der Waals surface area contributed by atoms with Crippen molar-refractivity contribution in [1.29, 1.82) is 0 Å². The molecule has 0 aliphatic carbocycles. The highest BCUT2D eigenvalue weighted by atomic mass is 32.1. The summed E-state index contributed by atoms with van der Waals surface area (Å²) < 4.78 is 1.58. The largest absolute Gasteiger partial charge is 0.395 e. The normalized spacial score (nSPS) is 9.90. The van der Waals surface area contributed by atoms with E-state index in [4.69, 9.17) is 5.11 Å². The van der Waals surface area contributed by atoms with Crippen molar-refractivity contribution in [2.45, 2.75) is 13.0 Å². The Balaban J connectivity index is 1.91. The van der Waals surface area contributed by atoms with Gasteiger partial charge in [-0.2, -0.15) is 5.10 Å². The highest BCUT2D eigenvalue weighted by molar-refractivity contribution is 7.14. The molecule has 0 bridgehead atoms. The van der Waals surface area contributed by atoms with Gasteiger partial charge in [0.1, 0.15) is 6.33 Å². The van der Waals surface area contributed by atoms with Gasteiger partial charge in [-0.15, -0.1) is 11.3 Å². The Morgan fingerprint density at radius 2 is 2.40 bits per heavy atom. The van der Waals surface area contributed by atoms with Crippen molar-refractivity contribution in [3.63, 3.8) is 0 Å². The van der Waals surface area contributed by atoms with Gasteiger partial charge in [-0.1, -0.05) is 11.8 Å². The van der Waals surface area contributed by atoms with Crippen molar-refractivity contribution in [3.8, 4) is 11.8 Å². The number of rotatable bonds is 4. The molecule has 0 aliphatic rings. The molecule has 0 radical (unpaired) electrons. The number of aliphatic hydroxyl groups is 1. The molecule has 0 saturated carbocycles. The fourth-order valence-corrected chi connectivity index (χ4v) is 2.24. The van der Waals surface area contributed by atoms with E-state index in [1.54, 1.807) is 30.2 Å². The van der Waals surface area contributed by atoms with Crippen LogP contribution in [0.25, 0.3) is 0 Å². The van der Waals surface area contributed by atoms with E-state index in [9.17, 15) is 4.79 Å². The molecule has 0 fully saturated rings. The number of aryl methyl sites for hydroxylation is 1. The molecule has 0 atom stereocenters. The maximum absolute atomic E-state index is 11.9. The molecule has 7 heteroatoms. The standard InChI is InChI=1S/C13H14N4O2S/c1-17-9-15-12(16-17)8-14-13(19)11-6-5-10(20-11)4-2-3-7-18/h5-6,9,18H,3,7-8H2,1H3,(H,14,19). The van der Waals surface area contributed by atoms with Gasteiger partial charge < -0.3 is 10.4 Å². The molecule has 2 aromatic heterocycles. The number of amides is 1. The second-order valence-electron chi connectivity index (χ2n) is 3.96. The molecular formula is C13H14N4O2S. The minimum Gasteiger partial charge on any atom is -0.395 e. The highest BCUT2D eigenvalue weighted by Crippen LogP contribution is 2.15. The summed E-state index contributed by atoms with van der Waals surface area (Å²) in [6.45, 7) is 0.339. The lowest BCUT2D eigenvalue weighted by Crippen LogP contribution is -2.22. The number of carbonyl (C=O) groups excluding carboxylic acids is 1. The van der Waals surface area contributed by atoms with Crippen LogP contribution in [-0.4, -0.2) is 32.4 Å². The molecule has 2 heterocycles. The van der Waals surface area contributed by atoms with Crippen LogP contribution in [0.1, 0.15) is 26.8 Å². The summed E-state index contributed by atoms with van der Waals surface area (Å²) in [6.07, 6.45) is 2.02. The van der Waals surface area contributed by atoms with Crippen molar-refractivity contribution in [2.75, 3.05) is 6.61 Å². The van der Waals surface area contributed by atoms with E-state index < -0.39 is 0 Å². The van der Waals surface area contributed by atoms with Crippen LogP contribution < -0.4 is 5.32 Å². The third-order valence-corrected chi connectivity index (χ3v) is 3.33. The zero-order valence-corrected chi connectivity index (χ0v) is 11.8. The molecule has 20 heavy (non-hydrogen) atoms. The van der Waals surface area contributed by atoms with Gasteiger partial charge in [0.05, 0.1) is 22.9 Å². The van der Waals surface area contributed by atoms with Gasteiger partial charge in [0.25, 0.3) is 5.91 Å². The van der Waals surface area contributed by atoms with Crippen LogP contribution in [-0.2, 0) is 13.6 Å². The summed E-state index contributed by atoms with van der Waals surface area (Å²) in [5.74, 6) is 6.12. The van der Waals surface area contributed by atoms with Gasteiger partial charge in [-0.05, 0) is 12.1 Å². The Hall–Kier alpha value is -2.17. The minimum absolute atomic E-state index is 0.0444. The minimum atomic E-state index is -0.169. The van der Waals surface area contributed by atoms with Crippen molar-refractivity contribution in [3.05, 3.63) is 34.0 Å². The molecule has 2 N–H and O–H groups in total. The van der Waals surface area contributed by atoms with E-state index in [1.807, 2.05) is 0 Å². The van der Waals surface area contributed by atoms with E-state index in [1.165, 1.54) is 11.3 Å². The van der Waals surface area contributed by atoms with E-state index in [-0.39, 0.29) is 12.5 Å². The summed E-state index contributed by atoms with van der Waals surface area (Å²) >= 11 is 1.32. The van der Waals surface area contributed by atoms with Crippen LogP contribution in [0.2, 0.25) is 0 Å². The molecule has 6 nitrogen and oxygen atoms in total. The maximum Gasteiger partial charge on any atom is 0.261 e. The van der Waals surface area contributed by atoms with Crippen LogP contribution in [0.5, 0.6) is 0 Å². The maximum atomic E-state index is 11.9. The number of hydrogen-bond donors (Lipinski definition) is 2. The van der Waals surface area contributed by atoms with Crippen LogP contribution >= 0.6 is 11.3 Å².